The Hall–Kier alpha value is -2.58. The number of nitrogens with zero attached hydrogens (tertiary/aromatic N) is 4. The zero-order valence-corrected chi connectivity index (χ0v) is 17.6. The van der Waals surface area contributed by atoms with Crippen LogP contribution in [0.2, 0.25) is 0 Å². The number of carbonyl (C=O) groups excluding carboxylic acids is 1. The maximum absolute atomic E-state index is 12.1. The smallest absolute Gasteiger partial charge is 0.406 e. The monoisotopic (exact) mass is 398 g/mol. The van der Waals surface area contributed by atoms with Crippen molar-refractivity contribution in [2.75, 3.05) is 19.6 Å². The molecule has 1 saturated heterocycles. The number of aromatic nitrogens is 3. The number of nitrogens with two attached hydrogens (primary N) is 1. The molecule has 0 aromatic carbocycles. The SMILES string of the molecule is CCC(OC(N)=O)(N1CCNCC1(c1ccccn1)c1cccnn1)C(C)(C)C. The summed E-state index contributed by atoms with van der Waals surface area (Å²) in [6.07, 6.45) is 3.16. The first-order chi connectivity index (χ1) is 13.8. The second-order valence-corrected chi connectivity index (χ2v) is 8.32. The van der Waals surface area contributed by atoms with Crippen LogP contribution in [0.15, 0.2) is 42.7 Å². The number of ether oxygens (including phenoxy) is 1. The van der Waals surface area contributed by atoms with E-state index in [9.17, 15) is 4.79 Å². The Labute approximate surface area is 171 Å². The van der Waals surface area contributed by atoms with Gasteiger partial charge in [-0.05, 0) is 30.7 Å². The van der Waals surface area contributed by atoms with Crippen LogP contribution in [0.1, 0.15) is 45.5 Å². The standard InChI is InChI=1S/C21H30N6O2/c1-5-21(19(2,3)4,29-18(22)28)27-14-13-23-15-20(27,16-9-6-7-11-24-16)17-10-8-12-25-26-17/h6-12,23H,5,13-15H2,1-4H3,(H2,22,28). The van der Waals surface area contributed by atoms with Gasteiger partial charge < -0.3 is 15.8 Å². The van der Waals surface area contributed by atoms with Gasteiger partial charge in [0.15, 0.2) is 5.72 Å². The summed E-state index contributed by atoms with van der Waals surface area (Å²) >= 11 is 0. The van der Waals surface area contributed by atoms with Gasteiger partial charge in [-0.15, -0.1) is 0 Å². The molecule has 3 rings (SSSR count). The van der Waals surface area contributed by atoms with E-state index in [1.807, 2.05) is 37.3 Å². The molecule has 0 aliphatic carbocycles. The summed E-state index contributed by atoms with van der Waals surface area (Å²) in [7, 11) is 0. The molecule has 1 aliphatic rings. The van der Waals surface area contributed by atoms with Gasteiger partial charge in [-0.3, -0.25) is 4.98 Å². The van der Waals surface area contributed by atoms with E-state index in [4.69, 9.17) is 10.5 Å². The van der Waals surface area contributed by atoms with Crippen molar-refractivity contribution in [1.29, 1.82) is 0 Å². The lowest BCUT2D eigenvalue weighted by atomic mass is 9.74. The first-order valence-electron chi connectivity index (χ1n) is 9.94. The van der Waals surface area contributed by atoms with Crippen molar-refractivity contribution in [3.8, 4) is 0 Å². The van der Waals surface area contributed by atoms with Gasteiger partial charge in [-0.2, -0.15) is 10.2 Å². The quantitative estimate of drug-likeness (QED) is 0.796. The van der Waals surface area contributed by atoms with Crippen molar-refractivity contribution in [3.63, 3.8) is 0 Å². The lowest BCUT2D eigenvalue weighted by molar-refractivity contribution is -0.217. The summed E-state index contributed by atoms with van der Waals surface area (Å²) < 4.78 is 5.95. The lowest BCUT2D eigenvalue weighted by Crippen LogP contribution is -2.72. The summed E-state index contributed by atoms with van der Waals surface area (Å²) in [5, 5.41) is 12.1. The Morgan fingerprint density at radius 3 is 2.55 bits per heavy atom. The van der Waals surface area contributed by atoms with Crippen molar-refractivity contribution >= 4 is 6.09 Å². The molecule has 1 amide bonds. The Balaban J connectivity index is 2.32. The molecule has 2 aromatic heterocycles. The van der Waals surface area contributed by atoms with E-state index in [1.54, 1.807) is 12.4 Å². The minimum absolute atomic E-state index is 0.434. The Kier molecular flexibility index (Phi) is 5.86. The van der Waals surface area contributed by atoms with Gasteiger partial charge >= 0.3 is 6.09 Å². The van der Waals surface area contributed by atoms with Gasteiger partial charge in [0.1, 0.15) is 5.54 Å². The fourth-order valence-corrected chi connectivity index (χ4v) is 4.53. The van der Waals surface area contributed by atoms with Crippen molar-refractivity contribution in [2.24, 2.45) is 11.1 Å². The van der Waals surface area contributed by atoms with Crippen LogP contribution >= 0.6 is 0 Å². The highest BCUT2D eigenvalue weighted by atomic mass is 16.6. The largest absolute Gasteiger partial charge is 0.427 e. The van der Waals surface area contributed by atoms with Gasteiger partial charge in [-0.1, -0.05) is 33.8 Å². The molecular formula is C21H30N6O2. The van der Waals surface area contributed by atoms with Gasteiger partial charge in [0, 0.05) is 37.4 Å². The molecular weight excluding hydrogens is 368 g/mol. The maximum atomic E-state index is 12.1. The zero-order chi connectivity index (χ0) is 21.1. The van der Waals surface area contributed by atoms with Crippen molar-refractivity contribution in [2.45, 2.75) is 45.4 Å². The molecule has 0 spiro atoms. The second-order valence-electron chi connectivity index (χ2n) is 8.32. The number of piperazine rings is 1. The summed E-state index contributed by atoms with van der Waals surface area (Å²) in [4.78, 5) is 19.0. The zero-order valence-electron chi connectivity index (χ0n) is 17.6. The molecule has 0 radical (unpaired) electrons. The molecule has 2 aromatic rings. The van der Waals surface area contributed by atoms with E-state index in [0.717, 1.165) is 17.9 Å². The molecule has 0 bridgehead atoms. The van der Waals surface area contributed by atoms with Crippen molar-refractivity contribution < 1.29 is 9.53 Å². The maximum Gasteiger partial charge on any atom is 0.406 e. The molecule has 2 unspecified atom stereocenters. The first-order valence-corrected chi connectivity index (χ1v) is 9.94. The van der Waals surface area contributed by atoms with Gasteiger partial charge in [0.05, 0.1) is 11.4 Å². The number of rotatable bonds is 5. The highest BCUT2D eigenvalue weighted by molar-refractivity contribution is 5.65. The van der Waals surface area contributed by atoms with Crippen LogP contribution in [0, 0.1) is 5.41 Å². The molecule has 3 N–H and O–H groups in total. The number of nitrogens with one attached hydrogen (secondary N) is 1. The molecule has 8 nitrogen and oxygen atoms in total. The highest BCUT2D eigenvalue weighted by Gasteiger charge is 2.59. The number of primary amides is 1. The van der Waals surface area contributed by atoms with Crippen LogP contribution in [0.3, 0.4) is 0 Å². The first kappa shape index (κ1) is 21.1. The Bertz CT molecular complexity index is 785. The average Bonchev–Trinajstić information content (AvgIpc) is 2.72. The Morgan fingerprint density at radius 1 is 1.24 bits per heavy atom. The van der Waals surface area contributed by atoms with Gasteiger partial charge in [0.2, 0.25) is 0 Å². The predicted octanol–water partition coefficient (Wildman–Crippen LogP) is 2.27. The summed E-state index contributed by atoms with van der Waals surface area (Å²) in [6, 6.07) is 9.61. The molecule has 8 heteroatoms. The van der Waals surface area contributed by atoms with E-state index >= 15 is 0 Å². The number of carbonyl (C=O) groups is 1. The second kappa shape index (κ2) is 8.04. The third-order valence-corrected chi connectivity index (χ3v) is 5.80. The molecule has 156 valence electrons. The summed E-state index contributed by atoms with van der Waals surface area (Å²) in [5.41, 5.74) is 4.93. The number of hydrogen-bond acceptors (Lipinski definition) is 7. The molecule has 29 heavy (non-hydrogen) atoms. The van der Waals surface area contributed by atoms with Gasteiger partial charge in [-0.25, -0.2) is 9.69 Å². The topological polar surface area (TPSA) is 106 Å². The number of pyridine rings is 1. The summed E-state index contributed by atoms with van der Waals surface area (Å²) in [6.45, 7) is 10.1. The van der Waals surface area contributed by atoms with Crippen molar-refractivity contribution in [3.05, 3.63) is 54.1 Å². The third kappa shape index (κ3) is 3.58. The highest BCUT2D eigenvalue weighted by Crippen LogP contribution is 2.48. The molecule has 1 aliphatic heterocycles. The minimum atomic E-state index is -0.976. The number of hydrogen-bond donors (Lipinski definition) is 2. The minimum Gasteiger partial charge on any atom is -0.427 e. The van der Waals surface area contributed by atoms with E-state index in [1.165, 1.54) is 0 Å². The molecule has 1 fully saturated rings. The van der Waals surface area contributed by atoms with Crippen LogP contribution in [0.4, 0.5) is 4.79 Å². The third-order valence-electron chi connectivity index (χ3n) is 5.80. The lowest BCUT2D eigenvalue weighted by Gasteiger charge is -2.58. The van der Waals surface area contributed by atoms with Crippen LogP contribution in [-0.4, -0.2) is 51.5 Å². The van der Waals surface area contributed by atoms with Crippen LogP contribution in [0.25, 0.3) is 0 Å². The molecule has 3 heterocycles. The average molecular weight is 399 g/mol. The van der Waals surface area contributed by atoms with E-state index in [0.29, 0.717) is 19.5 Å². The van der Waals surface area contributed by atoms with Crippen LogP contribution < -0.4 is 11.1 Å². The summed E-state index contributed by atoms with van der Waals surface area (Å²) in [5.74, 6) is 0. The normalized spacial score (nSPS) is 22.6. The predicted molar refractivity (Wildman–Crippen MR) is 110 cm³/mol. The van der Waals surface area contributed by atoms with E-state index in [2.05, 4.69) is 46.2 Å². The van der Waals surface area contributed by atoms with Crippen LogP contribution in [0.5, 0.6) is 0 Å². The van der Waals surface area contributed by atoms with Crippen LogP contribution in [-0.2, 0) is 10.3 Å². The Morgan fingerprint density at radius 2 is 2.00 bits per heavy atom. The van der Waals surface area contributed by atoms with E-state index < -0.39 is 22.8 Å². The van der Waals surface area contributed by atoms with E-state index in [-0.39, 0.29) is 0 Å². The molecule has 0 saturated carbocycles. The fourth-order valence-electron chi connectivity index (χ4n) is 4.53. The number of amides is 1. The fraction of sp³-hybridized carbons (Fsp3) is 0.524. The molecule has 2 atom stereocenters. The van der Waals surface area contributed by atoms with Gasteiger partial charge in [0.25, 0.3) is 0 Å². The van der Waals surface area contributed by atoms with Crippen molar-refractivity contribution in [1.82, 2.24) is 25.4 Å².